The van der Waals surface area contributed by atoms with Crippen LogP contribution in [0, 0.1) is 0 Å². The van der Waals surface area contributed by atoms with Gasteiger partial charge in [0.15, 0.2) is 0 Å². The van der Waals surface area contributed by atoms with Crippen molar-refractivity contribution < 1.29 is 4.79 Å². The third kappa shape index (κ3) is 3.76. The van der Waals surface area contributed by atoms with Gasteiger partial charge in [0.1, 0.15) is 5.65 Å². The van der Waals surface area contributed by atoms with E-state index in [1.165, 1.54) is 6.08 Å². The van der Waals surface area contributed by atoms with Gasteiger partial charge in [-0.05, 0) is 46.3 Å². The van der Waals surface area contributed by atoms with Crippen molar-refractivity contribution in [1.29, 1.82) is 0 Å². The maximum atomic E-state index is 11.8. The Labute approximate surface area is 144 Å². The molecule has 0 aliphatic rings. The first-order valence-corrected chi connectivity index (χ1v) is 8.43. The van der Waals surface area contributed by atoms with Crippen molar-refractivity contribution in [2.24, 2.45) is 0 Å². The van der Waals surface area contributed by atoms with E-state index in [0.29, 0.717) is 11.6 Å². The van der Waals surface area contributed by atoms with E-state index in [0.717, 1.165) is 20.0 Å². The lowest BCUT2D eigenvalue weighted by Crippen LogP contribution is -2.20. The fraction of sp³-hybridized carbons (Fsp3) is 0.0667. The Bertz CT molecular complexity index is 855. The summed E-state index contributed by atoms with van der Waals surface area (Å²) >= 11 is 10.9. The Morgan fingerprint density at radius 2 is 2.23 bits per heavy atom. The number of rotatable bonds is 4. The van der Waals surface area contributed by atoms with E-state index in [1.807, 2.05) is 28.8 Å². The highest BCUT2D eigenvalue weighted by molar-refractivity contribution is 9.11. The maximum Gasteiger partial charge on any atom is 0.244 e. The molecule has 0 bridgehead atoms. The van der Waals surface area contributed by atoms with Crippen molar-refractivity contribution in [3.8, 4) is 0 Å². The molecule has 3 aromatic rings. The monoisotopic (exact) mass is 395 g/mol. The Morgan fingerprint density at radius 3 is 3.00 bits per heavy atom. The van der Waals surface area contributed by atoms with Crippen LogP contribution in [0.1, 0.15) is 10.6 Å². The largest absolute Gasteiger partial charge is 0.347 e. The van der Waals surface area contributed by atoms with Gasteiger partial charge < -0.3 is 9.72 Å². The summed E-state index contributed by atoms with van der Waals surface area (Å²) in [5, 5.41) is 3.45. The Hall–Kier alpha value is -1.63. The Kier molecular flexibility index (Phi) is 4.61. The van der Waals surface area contributed by atoms with Crippen molar-refractivity contribution in [3.05, 3.63) is 62.1 Å². The summed E-state index contributed by atoms with van der Waals surface area (Å²) in [5.41, 5.74) is 1.58. The van der Waals surface area contributed by atoms with Crippen LogP contribution in [0.2, 0.25) is 5.02 Å². The van der Waals surface area contributed by atoms with Gasteiger partial charge in [-0.15, -0.1) is 11.3 Å². The lowest BCUT2D eigenvalue weighted by atomic mass is 10.4. The number of imidazole rings is 1. The average molecular weight is 397 g/mol. The van der Waals surface area contributed by atoms with Crippen molar-refractivity contribution in [2.45, 2.75) is 6.54 Å². The maximum absolute atomic E-state index is 11.8. The molecule has 3 aromatic heterocycles. The van der Waals surface area contributed by atoms with E-state index in [2.05, 4.69) is 26.2 Å². The second-order valence-electron chi connectivity index (χ2n) is 4.54. The van der Waals surface area contributed by atoms with Crippen LogP contribution in [-0.4, -0.2) is 15.3 Å². The number of nitrogens with one attached hydrogen (secondary N) is 1. The second kappa shape index (κ2) is 6.64. The SMILES string of the molecule is O=C(/C=C/c1ccc(Br)s1)NCc1cn2cc(Cl)ccc2n1. The molecule has 7 heteroatoms. The van der Waals surface area contributed by atoms with Crippen LogP contribution in [0.15, 0.2) is 46.5 Å². The summed E-state index contributed by atoms with van der Waals surface area (Å²) in [7, 11) is 0. The fourth-order valence-electron chi connectivity index (χ4n) is 1.91. The van der Waals surface area contributed by atoms with Gasteiger partial charge >= 0.3 is 0 Å². The number of carbonyl (C=O) groups is 1. The first-order chi connectivity index (χ1) is 10.6. The van der Waals surface area contributed by atoms with E-state index in [9.17, 15) is 4.79 Å². The van der Waals surface area contributed by atoms with Crippen molar-refractivity contribution >= 4 is 56.5 Å². The van der Waals surface area contributed by atoms with E-state index >= 15 is 0 Å². The van der Waals surface area contributed by atoms with Crippen LogP contribution in [0.4, 0.5) is 0 Å². The number of aromatic nitrogens is 2. The summed E-state index contributed by atoms with van der Waals surface area (Å²) in [6.45, 7) is 0.372. The minimum atomic E-state index is -0.153. The molecule has 0 atom stereocenters. The molecule has 3 rings (SSSR count). The van der Waals surface area contributed by atoms with Gasteiger partial charge in [0.2, 0.25) is 5.91 Å². The first kappa shape index (κ1) is 15.3. The van der Waals surface area contributed by atoms with Crippen LogP contribution in [0.25, 0.3) is 11.7 Å². The molecule has 0 spiro atoms. The summed E-state index contributed by atoms with van der Waals surface area (Å²) in [6.07, 6.45) is 6.94. The number of thiophene rings is 1. The number of fused-ring (bicyclic) bond motifs is 1. The number of carbonyl (C=O) groups excluding carboxylic acids is 1. The minimum Gasteiger partial charge on any atom is -0.347 e. The third-order valence-electron chi connectivity index (χ3n) is 2.90. The number of nitrogens with zero attached hydrogens (tertiary/aromatic N) is 2. The summed E-state index contributed by atoms with van der Waals surface area (Å²) in [6, 6.07) is 7.52. The standard InChI is InChI=1S/C15H11BrClN3OS/c16-13-4-2-12(22-13)3-6-15(21)18-7-11-9-20-8-10(17)1-5-14(20)19-11/h1-6,8-9H,7H2,(H,18,21)/b6-3+. The molecule has 0 aliphatic heterocycles. The van der Waals surface area contributed by atoms with E-state index in [4.69, 9.17) is 11.6 Å². The lowest BCUT2D eigenvalue weighted by Gasteiger charge is -1.97. The Balaban J connectivity index is 1.61. The first-order valence-electron chi connectivity index (χ1n) is 6.44. The summed E-state index contributed by atoms with van der Waals surface area (Å²) < 4.78 is 2.87. The van der Waals surface area contributed by atoms with E-state index in [-0.39, 0.29) is 5.91 Å². The van der Waals surface area contributed by atoms with Crippen LogP contribution >= 0.6 is 38.9 Å². The molecular formula is C15H11BrClN3OS. The fourth-order valence-corrected chi connectivity index (χ4v) is 3.41. The smallest absolute Gasteiger partial charge is 0.244 e. The second-order valence-corrected chi connectivity index (χ2v) is 7.47. The van der Waals surface area contributed by atoms with Gasteiger partial charge in [0.05, 0.1) is 21.0 Å². The van der Waals surface area contributed by atoms with Gasteiger partial charge in [-0.1, -0.05) is 11.6 Å². The minimum absolute atomic E-state index is 0.153. The van der Waals surface area contributed by atoms with Gasteiger partial charge in [-0.25, -0.2) is 4.98 Å². The molecule has 0 fully saturated rings. The number of pyridine rings is 1. The molecule has 1 N–H and O–H groups in total. The predicted molar refractivity (Wildman–Crippen MR) is 93.1 cm³/mol. The zero-order chi connectivity index (χ0) is 15.5. The van der Waals surface area contributed by atoms with Gasteiger partial charge in [-0.2, -0.15) is 0 Å². The summed E-state index contributed by atoms with van der Waals surface area (Å²) in [4.78, 5) is 17.2. The highest BCUT2D eigenvalue weighted by atomic mass is 79.9. The molecule has 0 saturated carbocycles. The Morgan fingerprint density at radius 1 is 1.36 bits per heavy atom. The summed E-state index contributed by atoms with van der Waals surface area (Å²) in [5.74, 6) is -0.153. The zero-order valence-electron chi connectivity index (χ0n) is 11.3. The third-order valence-corrected chi connectivity index (χ3v) is 4.71. The van der Waals surface area contributed by atoms with E-state index in [1.54, 1.807) is 29.7 Å². The number of hydrogen-bond donors (Lipinski definition) is 1. The topological polar surface area (TPSA) is 46.4 Å². The number of halogens is 2. The highest BCUT2D eigenvalue weighted by Gasteiger charge is 2.03. The molecule has 0 unspecified atom stereocenters. The van der Waals surface area contributed by atoms with Crippen LogP contribution in [0.3, 0.4) is 0 Å². The molecule has 0 saturated heterocycles. The molecule has 0 radical (unpaired) electrons. The van der Waals surface area contributed by atoms with Crippen LogP contribution < -0.4 is 5.32 Å². The predicted octanol–water partition coefficient (Wildman–Crippen LogP) is 4.14. The van der Waals surface area contributed by atoms with Gasteiger partial charge in [0.25, 0.3) is 0 Å². The molecule has 0 aromatic carbocycles. The van der Waals surface area contributed by atoms with Crippen LogP contribution in [-0.2, 0) is 11.3 Å². The van der Waals surface area contributed by atoms with Gasteiger partial charge in [0, 0.05) is 23.3 Å². The number of amides is 1. The van der Waals surface area contributed by atoms with Crippen molar-refractivity contribution in [2.75, 3.05) is 0 Å². The average Bonchev–Trinajstić information content (AvgIpc) is 3.08. The van der Waals surface area contributed by atoms with Gasteiger partial charge in [-0.3, -0.25) is 4.79 Å². The lowest BCUT2D eigenvalue weighted by molar-refractivity contribution is -0.116. The van der Waals surface area contributed by atoms with Crippen molar-refractivity contribution in [1.82, 2.24) is 14.7 Å². The number of hydrogen-bond acceptors (Lipinski definition) is 3. The quantitative estimate of drug-likeness (QED) is 0.674. The molecular weight excluding hydrogens is 386 g/mol. The van der Waals surface area contributed by atoms with E-state index < -0.39 is 0 Å². The molecule has 22 heavy (non-hydrogen) atoms. The highest BCUT2D eigenvalue weighted by Crippen LogP contribution is 2.22. The molecule has 0 aliphatic carbocycles. The normalized spacial score (nSPS) is 11.4. The van der Waals surface area contributed by atoms with Crippen LogP contribution in [0.5, 0.6) is 0 Å². The molecule has 1 amide bonds. The zero-order valence-corrected chi connectivity index (χ0v) is 14.5. The molecule has 3 heterocycles. The van der Waals surface area contributed by atoms with Crippen molar-refractivity contribution in [3.63, 3.8) is 0 Å². The molecule has 112 valence electrons. The molecule has 4 nitrogen and oxygen atoms in total.